The zero-order chi connectivity index (χ0) is 22.3. The summed E-state index contributed by atoms with van der Waals surface area (Å²) >= 11 is 0. The van der Waals surface area contributed by atoms with Crippen LogP contribution in [-0.4, -0.2) is 49.3 Å². The fourth-order valence-corrected chi connectivity index (χ4v) is 3.44. The Labute approximate surface area is 172 Å². The first-order chi connectivity index (χ1) is 14.1. The van der Waals surface area contributed by atoms with Gasteiger partial charge in [0.2, 0.25) is 15.9 Å². The largest absolute Gasteiger partial charge is 0.326 e. The first kappa shape index (κ1) is 22.6. The van der Waals surface area contributed by atoms with Gasteiger partial charge in [0, 0.05) is 37.4 Å². The van der Waals surface area contributed by atoms with Gasteiger partial charge in [0.15, 0.2) is 0 Å². The lowest BCUT2D eigenvalue weighted by molar-refractivity contribution is -0.384. The lowest BCUT2D eigenvalue weighted by Crippen LogP contribution is -2.36. The minimum absolute atomic E-state index is 0.0491. The highest BCUT2D eigenvalue weighted by Gasteiger charge is 2.22. The number of nitro groups is 1. The molecule has 0 bridgehead atoms. The predicted molar refractivity (Wildman–Crippen MR) is 109 cm³/mol. The van der Waals surface area contributed by atoms with Gasteiger partial charge in [0.1, 0.15) is 0 Å². The first-order valence-corrected chi connectivity index (χ1v) is 9.94. The Kier molecular flexibility index (Phi) is 7.33. The predicted octanol–water partition coefficient (Wildman–Crippen LogP) is 1.32. The smallest absolute Gasteiger partial charge is 0.270 e. The molecule has 0 atom stereocenters. The number of benzene rings is 2. The number of carbonyl (C=O) groups excluding carboxylic acids is 2. The molecule has 0 fully saturated rings. The summed E-state index contributed by atoms with van der Waals surface area (Å²) in [7, 11) is -2.70. The quantitative estimate of drug-likeness (QED) is 0.364. The summed E-state index contributed by atoms with van der Waals surface area (Å²) in [6, 6.07) is 11.1. The fourth-order valence-electron chi connectivity index (χ4n) is 2.31. The Bertz CT molecular complexity index is 1080. The molecule has 0 heterocycles. The summed E-state index contributed by atoms with van der Waals surface area (Å²) in [5.41, 5.74) is 2.88. The van der Waals surface area contributed by atoms with E-state index in [1.807, 2.05) is 0 Å². The maximum atomic E-state index is 12.6. The second-order valence-electron chi connectivity index (χ2n) is 6.11. The molecule has 2 aromatic carbocycles. The van der Waals surface area contributed by atoms with E-state index in [9.17, 15) is 28.1 Å². The van der Waals surface area contributed by atoms with Gasteiger partial charge >= 0.3 is 0 Å². The number of hydrazone groups is 1. The van der Waals surface area contributed by atoms with Crippen LogP contribution in [-0.2, 0) is 19.6 Å². The van der Waals surface area contributed by atoms with E-state index in [1.165, 1.54) is 62.7 Å². The third-order valence-corrected chi connectivity index (χ3v) is 5.55. The van der Waals surface area contributed by atoms with Crippen LogP contribution in [0, 0.1) is 10.1 Å². The van der Waals surface area contributed by atoms with E-state index < -0.39 is 27.4 Å². The molecule has 30 heavy (non-hydrogen) atoms. The first-order valence-electron chi connectivity index (χ1n) is 8.50. The maximum Gasteiger partial charge on any atom is 0.270 e. The van der Waals surface area contributed by atoms with E-state index in [0.29, 0.717) is 11.3 Å². The van der Waals surface area contributed by atoms with Crippen LogP contribution in [0.5, 0.6) is 0 Å². The average molecular weight is 433 g/mol. The van der Waals surface area contributed by atoms with Gasteiger partial charge in [-0.1, -0.05) is 12.1 Å². The summed E-state index contributed by atoms with van der Waals surface area (Å²) in [4.78, 5) is 33.1. The Balaban J connectivity index is 1.98. The van der Waals surface area contributed by atoms with Crippen LogP contribution in [0.2, 0.25) is 0 Å². The standard InChI is InChI=1S/C18H19N5O6S/c1-13(24)20-15-6-8-17(9-7-15)30(28,29)22(2)12-18(25)21-19-11-14-4-3-5-16(10-14)23(26)27/h3-11H,12H2,1-2H3,(H,20,24)(H,21,25)/b19-11-. The number of rotatable bonds is 8. The van der Waals surface area contributed by atoms with Gasteiger partial charge < -0.3 is 5.32 Å². The van der Waals surface area contributed by atoms with Gasteiger partial charge in [-0.2, -0.15) is 9.41 Å². The summed E-state index contributed by atoms with van der Waals surface area (Å²) < 4.78 is 26.0. The van der Waals surface area contributed by atoms with Crippen molar-refractivity contribution < 1.29 is 22.9 Å². The molecule has 0 aliphatic carbocycles. The number of nitrogens with zero attached hydrogens (tertiary/aromatic N) is 3. The number of likely N-dealkylation sites (N-methyl/N-ethyl adjacent to an activating group) is 1. The minimum atomic E-state index is -3.94. The lowest BCUT2D eigenvalue weighted by atomic mass is 10.2. The number of hydrogen-bond acceptors (Lipinski definition) is 7. The number of non-ortho nitro benzene ring substituents is 1. The molecule has 2 amide bonds. The SMILES string of the molecule is CC(=O)Nc1ccc(S(=O)(=O)N(C)CC(=O)N/N=C\c2cccc([N+](=O)[O-])c2)cc1. The zero-order valence-electron chi connectivity index (χ0n) is 16.1. The van der Waals surface area contributed by atoms with E-state index in [0.717, 1.165) is 4.31 Å². The number of amides is 2. The molecule has 0 aliphatic heterocycles. The third kappa shape index (κ3) is 6.18. The van der Waals surface area contributed by atoms with Crippen LogP contribution in [0.1, 0.15) is 12.5 Å². The van der Waals surface area contributed by atoms with Gasteiger partial charge in [-0.15, -0.1) is 0 Å². The summed E-state index contributed by atoms with van der Waals surface area (Å²) in [5, 5.41) is 17.0. The Hall–Kier alpha value is -3.64. The van der Waals surface area contributed by atoms with E-state index in [2.05, 4.69) is 15.8 Å². The van der Waals surface area contributed by atoms with Crippen molar-refractivity contribution in [2.24, 2.45) is 5.10 Å². The molecule has 0 unspecified atom stereocenters. The van der Waals surface area contributed by atoms with E-state index in [1.54, 1.807) is 6.07 Å². The number of hydrogen-bond donors (Lipinski definition) is 2. The Morgan fingerprint density at radius 3 is 2.47 bits per heavy atom. The molecule has 0 spiro atoms. The van der Waals surface area contributed by atoms with Crippen molar-refractivity contribution in [3.8, 4) is 0 Å². The highest BCUT2D eigenvalue weighted by atomic mass is 32.2. The van der Waals surface area contributed by atoms with E-state index >= 15 is 0 Å². The number of nitro benzene ring substituents is 1. The minimum Gasteiger partial charge on any atom is -0.326 e. The number of nitrogens with one attached hydrogen (secondary N) is 2. The van der Waals surface area contributed by atoms with Crippen LogP contribution in [0.3, 0.4) is 0 Å². The molecule has 2 N–H and O–H groups in total. The Morgan fingerprint density at radius 1 is 1.20 bits per heavy atom. The third-order valence-electron chi connectivity index (χ3n) is 3.73. The lowest BCUT2D eigenvalue weighted by Gasteiger charge is -2.16. The van der Waals surface area contributed by atoms with Crippen LogP contribution in [0.4, 0.5) is 11.4 Å². The molecule has 0 radical (unpaired) electrons. The highest BCUT2D eigenvalue weighted by Crippen LogP contribution is 2.17. The molecule has 2 rings (SSSR count). The number of sulfonamides is 1. The topological polar surface area (TPSA) is 151 Å². The summed E-state index contributed by atoms with van der Waals surface area (Å²) in [5.74, 6) is -0.984. The molecule has 158 valence electrons. The van der Waals surface area contributed by atoms with Crippen molar-refractivity contribution in [1.29, 1.82) is 0 Å². The molecule has 0 aliphatic rings. The molecule has 0 saturated heterocycles. The van der Waals surface area contributed by atoms with Crippen LogP contribution in [0.25, 0.3) is 0 Å². The zero-order valence-corrected chi connectivity index (χ0v) is 16.9. The highest BCUT2D eigenvalue weighted by molar-refractivity contribution is 7.89. The van der Waals surface area contributed by atoms with Crippen molar-refractivity contribution in [2.75, 3.05) is 18.9 Å². The number of carbonyl (C=O) groups is 2. The second-order valence-corrected chi connectivity index (χ2v) is 8.16. The molecule has 0 saturated carbocycles. The van der Waals surface area contributed by atoms with Crippen LogP contribution in [0.15, 0.2) is 58.5 Å². The van der Waals surface area contributed by atoms with Crippen molar-refractivity contribution in [1.82, 2.24) is 9.73 Å². The van der Waals surface area contributed by atoms with Crippen molar-refractivity contribution in [3.05, 3.63) is 64.2 Å². The van der Waals surface area contributed by atoms with E-state index in [4.69, 9.17) is 0 Å². The van der Waals surface area contributed by atoms with Gasteiger partial charge in [0.05, 0.1) is 22.6 Å². The molecule has 12 heteroatoms. The molecular weight excluding hydrogens is 414 g/mol. The summed E-state index contributed by atoms with van der Waals surface area (Å²) in [6.45, 7) is 0.834. The Morgan fingerprint density at radius 2 is 1.87 bits per heavy atom. The van der Waals surface area contributed by atoms with Gasteiger partial charge in [-0.05, 0) is 24.3 Å². The normalized spacial score (nSPS) is 11.4. The molecule has 11 nitrogen and oxygen atoms in total. The van der Waals surface area contributed by atoms with Crippen LogP contribution < -0.4 is 10.7 Å². The monoisotopic (exact) mass is 433 g/mol. The van der Waals surface area contributed by atoms with Crippen molar-refractivity contribution >= 4 is 39.4 Å². The summed E-state index contributed by atoms with van der Waals surface area (Å²) in [6.07, 6.45) is 1.21. The number of anilines is 1. The average Bonchev–Trinajstić information content (AvgIpc) is 2.68. The van der Waals surface area contributed by atoms with Gasteiger partial charge in [0.25, 0.3) is 11.6 Å². The molecule has 0 aromatic heterocycles. The van der Waals surface area contributed by atoms with E-state index in [-0.39, 0.29) is 16.5 Å². The fraction of sp³-hybridized carbons (Fsp3) is 0.167. The molecule has 2 aromatic rings. The van der Waals surface area contributed by atoms with Gasteiger partial charge in [-0.3, -0.25) is 19.7 Å². The van der Waals surface area contributed by atoms with Crippen LogP contribution >= 0.6 is 0 Å². The van der Waals surface area contributed by atoms with Gasteiger partial charge in [-0.25, -0.2) is 13.8 Å². The maximum absolute atomic E-state index is 12.6. The second kappa shape index (κ2) is 9.71. The van der Waals surface area contributed by atoms with Crippen molar-refractivity contribution in [3.63, 3.8) is 0 Å². The molecular formula is C18H19N5O6S. The van der Waals surface area contributed by atoms with Crippen molar-refractivity contribution in [2.45, 2.75) is 11.8 Å².